The van der Waals surface area contributed by atoms with E-state index in [2.05, 4.69) is 5.32 Å². The number of hydrogen-bond acceptors (Lipinski definition) is 4. The summed E-state index contributed by atoms with van der Waals surface area (Å²) in [5, 5.41) is 2.89. The highest BCUT2D eigenvalue weighted by Crippen LogP contribution is 2.37. The molecule has 5 rings (SSSR count). The number of carbonyl (C=O) groups is 3. The SMILES string of the molecule is COc1cccc(NC(=O)[C@@H]2CC(=O)N(c3ccc4c(c3)CCN4C(=O)C3CCC3)C2)c1. The molecular formula is C25H27N3O4. The van der Waals surface area contributed by atoms with Gasteiger partial charge in [0.2, 0.25) is 17.7 Å². The van der Waals surface area contributed by atoms with Gasteiger partial charge >= 0.3 is 0 Å². The van der Waals surface area contributed by atoms with E-state index in [1.807, 2.05) is 35.2 Å². The van der Waals surface area contributed by atoms with Crippen LogP contribution in [0.25, 0.3) is 0 Å². The van der Waals surface area contributed by atoms with Crippen LogP contribution in [0.2, 0.25) is 0 Å². The van der Waals surface area contributed by atoms with Crippen LogP contribution in [-0.2, 0) is 20.8 Å². The first-order valence-electron chi connectivity index (χ1n) is 11.2. The molecule has 1 atom stereocenters. The van der Waals surface area contributed by atoms with Crippen molar-refractivity contribution in [1.82, 2.24) is 0 Å². The lowest BCUT2D eigenvalue weighted by atomic mass is 9.84. The standard InChI is InChI=1S/C25H27N3O4/c1-32-21-7-3-6-19(14-21)26-24(30)18-13-23(29)28(15-18)20-8-9-22-17(12-20)10-11-27(22)25(31)16-4-2-5-16/h3,6-9,12,14,16,18H,2,4-5,10-11,13,15H2,1H3,(H,26,30)/t18-/m1/s1. The Hall–Kier alpha value is -3.35. The Balaban J connectivity index is 1.27. The molecule has 166 valence electrons. The van der Waals surface area contributed by atoms with E-state index in [-0.39, 0.29) is 30.1 Å². The quantitative estimate of drug-likeness (QED) is 0.784. The number of rotatable bonds is 5. The number of carbonyl (C=O) groups excluding carboxylic acids is 3. The van der Waals surface area contributed by atoms with E-state index in [9.17, 15) is 14.4 Å². The second kappa shape index (κ2) is 8.30. The molecule has 1 saturated carbocycles. The average molecular weight is 434 g/mol. The van der Waals surface area contributed by atoms with Crippen molar-refractivity contribution in [2.45, 2.75) is 32.1 Å². The Kier molecular flexibility index (Phi) is 5.33. The van der Waals surface area contributed by atoms with E-state index in [1.165, 1.54) is 0 Å². The molecule has 0 radical (unpaired) electrons. The summed E-state index contributed by atoms with van der Waals surface area (Å²) < 4.78 is 5.20. The number of benzene rings is 2. The number of hydrogen-bond donors (Lipinski definition) is 1. The first-order chi connectivity index (χ1) is 15.5. The van der Waals surface area contributed by atoms with Crippen LogP contribution in [0.3, 0.4) is 0 Å². The van der Waals surface area contributed by atoms with Gasteiger partial charge in [-0.1, -0.05) is 12.5 Å². The van der Waals surface area contributed by atoms with Crippen molar-refractivity contribution in [3.8, 4) is 5.75 Å². The third-order valence-corrected chi connectivity index (χ3v) is 6.82. The summed E-state index contributed by atoms with van der Waals surface area (Å²) in [6.45, 7) is 1.05. The number of anilines is 3. The fourth-order valence-corrected chi connectivity index (χ4v) is 4.74. The van der Waals surface area contributed by atoms with E-state index in [0.29, 0.717) is 24.5 Å². The van der Waals surface area contributed by atoms with Crippen molar-refractivity contribution in [1.29, 1.82) is 0 Å². The van der Waals surface area contributed by atoms with Gasteiger partial charge in [0.05, 0.1) is 13.0 Å². The minimum absolute atomic E-state index is 0.0591. The second-order valence-electron chi connectivity index (χ2n) is 8.81. The number of amides is 3. The smallest absolute Gasteiger partial charge is 0.230 e. The molecule has 2 fully saturated rings. The molecular weight excluding hydrogens is 406 g/mol. The van der Waals surface area contributed by atoms with E-state index in [1.54, 1.807) is 24.1 Å². The van der Waals surface area contributed by atoms with Gasteiger partial charge in [0.1, 0.15) is 5.75 Å². The zero-order chi connectivity index (χ0) is 22.2. The predicted octanol–water partition coefficient (Wildman–Crippen LogP) is 3.38. The highest BCUT2D eigenvalue weighted by atomic mass is 16.5. The van der Waals surface area contributed by atoms with Gasteiger partial charge in [0.15, 0.2) is 0 Å². The van der Waals surface area contributed by atoms with Crippen molar-refractivity contribution in [3.63, 3.8) is 0 Å². The largest absolute Gasteiger partial charge is 0.497 e. The topological polar surface area (TPSA) is 79.0 Å². The number of methoxy groups -OCH3 is 1. The monoisotopic (exact) mass is 433 g/mol. The Bertz CT molecular complexity index is 1080. The summed E-state index contributed by atoms with van der Waals surface area (Å²) in [6, 6.07) is 13.0. The minimum Gasteiger partial charge on any atom is -0.497 e. The third kappa shape index (κ3) is 3.72. The van der Waals surface area contributed by atoms with Crippen molar-refractivity contribution in [2.75, 3.05) is 35.3 Å². The molecule has 1 aliphatic carbocycles. The molecule has 32 heavy (non-hydrogen) atoms. The summed E-state index contributed by atoms with van der Waals surface area (Å²) in [4.78, 5) is 41.8. The molecule has 3 aliphatic rings. The van der Waals surface area contributed by atoms with E-state index in [4.69, 9.17) is 4.74 Å². The fourth-order valence-electron chi connectivity index (χ4n) is 4.74. The number of nitrogens with one attached hydrogen (secondary N) is 1. The average Bonchev–Trinajstić information content (AvgIpc) is 3.35. The highest BCUT2D eigenvalue weighted by molar-refractivity contribution is 6.04. The van der Waals surface area contributed by atoms with Gasteiger partial charge in [-0.3, -0.25) is 14.4 Å². The molecule has 1 N–H and O–H groups in total. The molecule has 0 unspecified atom stereocenters. The lowest BCUT2D eigenvalue weighted by Gasteiger charge is -2.29. The van der Waals surface area contributed by atoms with Gasteiger partial charge in [-0.25, -0.2) is 0 Å². The zero-order valence-corrected chi connectivity index (χ0v) is 18.2. The number of ether oxygens (including phenoxy) is 1. The molecule has 7 heteroatoms. The Labute approximate surface area is 187 Å². The van der Waals surface area contributed by atoms with Crippen LogP contribution in [0, 0.1) is 11.8 Å². The van der Waals surface area contributed by atoms with Gasteiger partial charge in [-0.05, 0) is 55.2 Å². The second-order valence-corrected chi connectivity index (χ2v) is 8.81. The molecule has 0 bridgehead atoms. The van der Waals surface area contributed by atoms with Crippen molar-refractivity contribution >= 4 is 34.8 Å². The number of nitrogens with zero attached hydrogens (tertiary/aromatic N) is 2. The Morgan fingerprint density at radius 1 is 1.09 bits per heavy atom. The summed E-state index contributed by atoms with van der Waals surface area (Å²) in [6.07, 6.45) is 4.09. The van der Waals surface area contributed by atoms with Gasteiger partial charge in [0, 0.05) is 48.6 Å². The van der Waals surface area contributed by atoms with Crippen molar-refractivity contribution in [2.24, 2.45) is 11.8 Å². The summed E-state index contributed by atoms with van der Waals surface area (Å²) >= 11 is 0. The normalized spacial score (nSPS) is 20.2. The van der Waals surface area contributed by atoms with Crippen LogP contribution < -0.4 is 19.9 Å². The zero-order valence-electron chi connectivity index (χ0n) is 18.2. The Morgan fingerprint density at radius 2 is 1.94 bits per heavy atom. The first-order valence-corrected chi connectivity index (χ1v) is 11.2. The lowest BCUT2D eigenvalue weighted by Crippen LogP contribution is -2.37. The maximum atomic E-state index is 12.8. The van der Waals surface area contributed by atoms with Crippen LogP contribution in [0.5, 0.6) is 5.75 Å². The van der Waals surface area contributed by atoms with Crippen LogP contribution in [0.1, 0.15) is 31.2 Å². The summed E-state index contributed by atoms with van der Waals surface area (Å²) in [5.41, 5.74) is 3.49. The molecule has 2 aromatic rings. The molecule has 3 amide bonds. The molecule has 7 nitrogen and oxygen atoms in total. The van der Waals surface area contributed by atoms with E-state index in [0.717, 1.165) is 42.6 Å². The van der Waals surface area contributed by atoms with E-state index < -0.39 is 5.92 Å². The van der Waals surface area contributed by atoms with Crippen LogP contribution in [0.4, 0.5) is 17.1 Å². The molecule has 2 heterocycles. The van der Waals surface area contributed by atoms with E-state index >= 15 is 0 Å². The minimum atomic E-state index is -0.418. The summed E-state index contributed by atoms with van der Waals surface area (Å²) in [7, 11) is 1.58. The maximum Gasteiger partial charge on any atom is 0.230 e. The first kappa shape index (κ1) is 20.5. The predicted molar refractivity (Wildman–Crippen MR) is 122 cm³/mol. The van der Waals surface area contributed by atoms with Gasteiger partial charge in [0.25, 0.3) is 0 Å². The van der Waals surface area contributed by atoms with Gasteiger partial charge < -0.3 is 19.9 Å². The molecule has 0 aromatic heterocycles. The van der Waals surface area contributed by atoms with Gasteiger partial charge in [-0.15, -0.1) is 0 Å². The molecule has 2 aromatic carbocycles. The van der Waals surface area contributed by atoms with Crippen LogP contribution in [0.15, 0.2) is 42.5 Å². The molecule has 2 aliphatic heterocycles. The van der Waals surface area contributed by atoms with Crippen molar-refractivity contribution < 1.29 is 19.1 Å². The maximum absolute atomic E-state index is 12.8. The van der Waals surface area contributed by atoms with Gasteiger partial charge in [-0.2, -0.15) is 0 Å². The fraction of sp³-hybridized carbons (Fsp3) is 0.400. The van der Waals surface area contributed by atoms with Crippen LogP contribution >= 0.6 is 0 Å². The summed E-state index contributed by atoms with van der Waals surface area (Å²) in [5.74, 6) is 0.413. The van der Waals surface area contributed by atoms with Crippen LogP contribution in [-0.4, -0.2) is 37.9 Å². The number of fused-ring (bicyclic) bond motifs is 1. The Morgan fingerprint density at radius 3 is 2.69 bits per heavy atom. The molecule has 0 spiro atoms. The highest BCUT2D eigenvalue weighted by Gasteiger charge is 2.37. The van der Waals surface area contributed by atoms with Crippen molar-refractivity contribution in [3.05, 3.63) is 48.0 Å². The third-order valence-electron chi connectivity index (χ3n) is 6.82. The molecule has 1 saturated heterocycles. The lowest BCUT2D eigenvalue weighted by molar-refractivity contribution is -0.124.